The average Bonchev–Trinajstić information content (AvgIpc) is 2.52. The van der Waals surface area contributed by atoms with Crippen LogP contribution >= 0.6 is 0 Å². The Bertz CT molecular complexity index is 793. The van der Waals surface area contributed by atoms with Crippen LogP contribution in [0.5, 0.6) is 0 Å². The van der Waals surface area contributed by atoms with Gasteiger partial charge in [-0.05, 0) is 23.3 Å². The van der Waals surface area contributed by atoms with E-state index >= 15 is 0 Å². The van der Waals surface area contributed by atoms with Crippen molar-refractivity contribution >= 4 is 5.69 Å². The Labute approximate surface area is 132 Å². The first-order valence-electron chi connectivity index (χ1n) is 6.28. The van der Waals surface area contributed by atoms with Crippen molar-refractivity contribution in [2.24, 2.45) is 0 Å². The van der Waals surface area contributed by atoms with Crippen LogP contribution in [0.1, 0.15) is 16.7 Å². The minimum atomic E-state index is -4.82. The van der Waals surface area contributed by atoms with E-state index in [0.717, 1.165) is 24.3 Å². The molecule has 0 saturated heterocycles. The second-order valence-electron chi connectivity index (χ2n) is 4.71. The van der Waals surface area contributed by atoms with E-state index in [0.29, 0.717) is 12.1 Å². The van der Waals surface area contributed by atoms with E-state index in [1.807, 2.05) is 0 Å². The Morgan fingerprint density at radius 2 is 1.33 bits per heavy atom. The standard InChI is InChI=1S/C16H6F6N2/c1-24-14-5-4-10(7-13(14)16(20,21)22)9-2-3-11(8-23)12(6-9)15(17,18)19/h2-7H. The fraction of sp³-hybridized carbons (Fsp3) is 0.125. The SMILES string of the molecule is [C-]#[N+]c1ccc(-c2ccc(C#N)c(C(F)(F)F)c2)cc1C(F)(F)F. The Balaban J connectivity index is 2.66. The smallest absolute Gasteiger partial charge is 0.238 e. The van der Waals surface area contributed by atoms with Crippen molar-refractivity contribution in [1.29, 1.82) is 5.26 Å². The molecule has 122 valence electrons. The third-order valence-electron chi connectivity index (χ3n) is 3.20. The van der Waals surface area contributed by atoms with Gasteiger partial charge < -0.3 is 0 Å². The molecule has 0 aromatic heterocycles. The first-order chi connectivity index (χ1) is 11.1. The number of nitrogens with zero attached hydrogens (tertiary/aromatic N) is 2. The lowest BCUT2D eigenvalue weighted by molar-refractivity contribution is -0.138. The van der Waals surface area contributed by atoms with Gasteiger partial charge in [0.2, 0.25) is 0 Å². The molecule has 2 nitrogen and oxygen atoms in total. The highest BCUT2D eigenvalue weighted by Crippen LogP contribution is 2.40. The zero-order chi connectivity index (χ0) is 18.1. The minimum absolute atomic E-state index is 0.135. The van der Waals surface area contributed by atoms with Crippen LogP contribution in [0.25, 0.3) is 16.0 Å². The average molecular weight is 340 g/mol. The van der Waals surface area contributed by atoms with Crippen molar-refractivity contribution in [1.82, 2.24) is 0 Å². The van der Waals surface area contributed by atoms with Gasteiger partial charge in [-0.2, -0.15) is 31.6 Å². The molecule has 0 aliphatic rings. The Kier molecular flexibility index (Phi) is 4.26. The molecule has 0 bridgehead atoms. The largest absolute Gasteiger partial charge is 0.417 e. The summed E-state index contributed by atoms with van der Waals surface area (Å²) in [6.07, 6.45) is -9.63. The summed E-state index contributed by atoms with van der Waals surface area (Å²) in [5.41, 5.74) is -4.00. The molecule has 2 aromatic rings. The summed E-state index contributed by atoms with van der Waals surface area (Å²) in [6, 6.07) is 6.68. The third kappa shape index (κ3) is 3.33. The predicted octanol–water partition coefficient (Wildman–Crippen LogP) is 5.81. The van der Waals surface area contributed by atoms with Crippen LogP contribution in [-0.4, -0.2) is 0 Å². The van der Waals surface area contributed by atoms with E-state index < -0.39 is 34.7 Å². The molecule has 0 radical (unpaired) electrons. The molecular formula is C16H6F6N2. The number of alkyl halides is 6. The lowest BCUT2D eigenvalue weighted by atomic mass is 9.97. The fourth-order valence-electron chi connectivity index (χ4n) is 2.10. The second-order valence-corrected chi connectivity index (χ2v) is 4.71. The van der Waals surface area contributed by atoms with E-state index in [1.54, 1.807) is 0 Å². The molecule has 0 spiro atoms. The van der Waals surface area contributed by atoms with Gasteiger partial charge in [-0.25, -0.2) is 4.85 Å². The molecule has 0 aliphatic heterocycles. The Morgan fingerprint density at radius 3 is 1.79 bits per heavy atom. The summed E-state index contributed by atoms with van der Waals surface area (Å²) < 4.78 is 77.7. The van der Waals surface area contributed by atoms with Crippen LogP contribution < -0.4 is 0 Å². The molecular weight excluding hydrogens is 334 g/mol. The van der Waals surface area contributed by atoms with Gasteiger partial charge in [-0.15, -0.1) is 0 Å². The molecule has 0 fully saturated rings. The van der Waals surface area contributed by atoms with E-state index in [-0.39, 0.29) is 11.1 Å². The topological polar surface area (TPSA) is 28.1 Å². The fourth-order valence-corrected chi connectivity index (χ4v) is 2.10. The number of hydrogen-bond acceptors (Lipinski definition) is 1. The summed E-state index contributed by atoms with van der Waals surface area (Å²) in [7, 11) is 0. The van der Waals surface area contributed by atoms with E-state index in [1.165, 1.54) is 6.07 Å². The predicted molar refractivity (Wildman–Crippen MR) is 72.9 cm³/mol. The van der Waals surface area contributed by atoms with Gasteiger partial charge in [0, 0.05) is 0 Å². The summed E-state index contributed by atoms with van der Waals surface area (Å²) in [5.74, 6) is 0. The first-order valence-corrected chi connectivity index (χ1v) is 6.28. The van der Waals surface area contributed by atoms with Crippen molar-refractivity contribution in [2.45, 2.75) is 12.4 Å². The van der Waals surface area contributed by atoms with E-state index in [4.69, 9.17) is 11.8 Å². The quantitative estimate of drug-likeness (QED) is 0.475. The molecule has 2 aromatic carbocycles. The molecule has 0 aliphatic carbocycles. The van der Waals surface area contributed by atoms with Crippen LogP contribution in [0.2, 0.25) is 0 Å². The van der Waals surface area contributed by atoms with Crippen LogP contribution in [-0.2, 0) is 12.4 Å². The number of nitriles is 1. The van der Waals surface area contributed by atoms with Gasteiger partial charge in [0.25, 0.3) is 0 Å². The number of rotatable bonds is 1. The van der Waals surface area contributed by atoms with Gasteiger partial charge in [-0.1, -0.05) is 24.3 Å². The van der Waals surface area contributed by atoms with Crippen molar-refractivity contribution in [2.75, 3.05) is 0 Å². The van der Waals surface area contributed by atoms with Crippen LogP contribution in [0.3, 0.4) is 0 Å². The summed E-state index contributed by atoms with van der Waals surface area (Å²) in [5, 5.41) is 8.73. The zero-order valence-corrected chi connectivity index (χ0v) is 11.6. The molecule has 0 N–H and O–H groups in total. The van der Waals surface area contributed by atoms with Crippen molar-refractivity contribution in [3.63, 3.8) is 0 Å². The van der Waals surface area contributed by atoms with Crippen molar-refractivity contribution < 1.29 is 26.3 Å². The summed E-state index contributed by atoms with van der Waals surface area (Å²) >= 11 is 0. The molecule has 0 unspecified atom stereocenters. The number of halogens is 6. The minimum Gasteiger partial charge on any atom is -0.238 e. The third-order valence-corrected chi connectivity index (χ3v) is 3.20. The second kappa shape index (κ2) is 5.89. The van der Waals surface area contributed by atoms with Gasteiger partial charge in [0.05, 0.1) is 29.3 Å². The van der Waals surface area contributed by atoms with Crippen molar-refractivity contribution in [3.8, 4) is 17.2 Å². The molecule has 24 heavy (non-hydrogen) atoms. The lowest BCUT2D eigenvalue weighted by Crippen LogP contribution is -2.08. The molecule has 0 atom stereocenters. The monoisotopic (exact) mass is 340 g/mol. The van der Waals surface area contributed by atoms with E-state index in [2.05, 4.69) is 4.85 Å². The van der Waals surface area contributed by atoms with Gasteiger partial charge in [-0.3, -0.25) is 0 Å². The molecule has 8 heteroatoms. The zero-order valence-electron chi connectivity index (χ0n) is 11.6. The lowest BCUT2D eigenvalue weighted by Gasteiger charge is -2.13. The highest BCUT2D eigenvalue weighted by atomic mass is 19.4. The summed E-state index contributed by atoms with van der Waals surface area (Å²) in [6.45, 7) is 6.75. The molecule has 2 rings (SSSR count). The maximum absolute atomic E-state index is 13.0. The van der Waals surface area contributed by atoms with Gasteiger partial charge in [0.15, 0.2) is 5.69 Å². The number of benzene rings is 2. The van der Waals surface area contributed by atoms with Crippen LogP contribution in [0, 0.1) is 17.9 Å². The maximum Gasteiger partial charge on any atom is 0.417 e. The molecule has 0 amide bonds. The van der Waals surface area contributed by atoms with Gasteiger partial charge in [0.1, 0.15) is 0 Å². The first kappa shape index (κ1) is 17.4. The van der Waals surface area contributed by atoms with E-state index in [9.17, 15) is 26.3 Å². The normalized spacial score (nSPS) is 11.7. The van der Waals surface area contributed by atoms with Crippen LogP contribution in [0.15, 0.2) is 36.4 Å². The maximum atomic E-state index is 13.0. The highest BCUT2D eigenvalue weighted by Gasteiger charge is 2.35. The van der Waals surface area contributed by atoms with Gasteiger partial charge >= 0.3 is 12.4 Å². The molecule has 0 heterocycles. The number of hydrogen-bond donors (Lipinski definition) is 0. The van der Waals surface area contributed by atoms with Crippen LogP contribution in [0.4, 0.5) is 32.0 Å². The Hall–Kier alpha value is -3.00. The molecule has 0 saturated carbocycles. The highest BCUT2D eigenvalue weighted by molar-refractivity contribution is 5.71. The van der Waals surface area contributed by atoms with Crippen molar-refractivity contribution in [3.05, 3.63) is 64.5 Å². The Morgan fingerprint density at radius 1 is 0.833 bits per heavy atom. The summed E-state index contributed by atoms with van der Waals surface area (Å²) in [4.78, 5) is 2.76.